The van der Waals surface area contributed by atoms with E-state index in [2.05, 4.69) is 29.6 Å². The highest BCUT2D eigenvalue weighted by atomic mass is 16.4. The van der Waals surface area contributed by atoms with E-state index in [4.69, 9.17) is 5.21 Å². The molecule has 0 unspecified atom stereocenters. The van der Waals surface area contributed by atoms with Crippen LogP contribution < -0.4 is 10.6 Å². The van der Waals surface area contributed by atoms with Gasteiger partial charge in [-0.1, -0.05) is 19.0 Å². The number of oxime groups is 1. The number of hydrogen-bond acceptors (Lipinski definition) is 4. The lowest BCUT2D eigenvalue weighted by atomic mass is 9.88. The summed E-state index contributed by atoms with van der Waals surface area (Å²) in [6, 6.07) is 0. The summed E-state index contributed by atoms with van der Waals surface area (Å²) >= 11 is 0. The highest BCUT2D eigenvalue weighted by Crippen LogP contribution is 2.19. The lowest BCUT2D eigenvalue weighted by Gasteiger charge is -2.43. The van der Waals surface area contributed by atoms with Gasteiger partial charge in [-0.25, -0.2) is 0 Å². The second-order valence-corrected chi connectivity index (χ2v) is 4.68. The fourth-order valence-corrected chi connectivity index (χ4v) is 1.31. The summed E-state index contributed by atoms with van der Waals surface area (Å²) in [5.74, 6) is 0. The summed E-state index contributed by atoms with van der Waals surface area (Å²) in [6.07, 6.45) is 0. The van der Waals surface area contributed by atoms with E-state index < -0.39 is 0 Å². The van der Waals surface area contributed by atoms with Crippen LogP contribution in [-0.4, -0.2) is 29.7 Å². The number of nitrogens with zero attached hydrogens (tertiary/aromatic N) is 1. The van der Waals surface area contributed by atoms with Gasteiger partial charge in [-0.05, 0) is 19.3 Å². The quantitative estimate of drug-likeness (QED) is 0.321. The number of hydrogen-bond donors (Lipinski definition) is 3. The molecule has 1 aliphatic rings. The largest absolute Gasteiger partial charge is 0.411 e. The Morgan fingerprint density at radius 3 is 2.08 bits per heavy atom. The van der Waals surface area contributed by atoms with Crippen molar-refractivity contribution in [2.24, 2.45) is 10.6 Å². The molecule has 76 valence electrons. The van der Waals surface area contributed by atoms with Crippen LogP contribution in [0.3, 0.4) is 0 Å². The van der Waals surface area contributed by atoms with Crippen molar-refractivity contribution in [2.75, 3.05) is 13.1 Å². The van der Waals surface area contributed by atoms with Crippen LogP contribution in [0.2, 0.25) is 0 Å². The van der Waals surface area contributed by atoms with E-state index in [0.717, 1.165) is 13.1 Å². The molecular formula is C9H19N3O. The fourth-order valence-electron chi connectivity index (χ4n) is 1.31. The summed E-state index contributed by atoms with van der Waals surface area (Å²) in [5, 5.41) is 18.6. The Labute approximate surface area is 79.4 Å². The molecule has 0 amide bonds. The third kappa shape index (κ3) is 2.19. The molecule has 0 saturated carbocycles. The first kappa shape index (κ1) is 10.5. The minimum Gasteiger partial charge on any atom is -0.411 e. The van der Waals surface area contributed by atoms with Gasteiger partial charge in [-0.15, -0.1) is 0 Å². The van der Waals surface area contributed by atoms with Gasteiger partial charge in [0.25, 0.3) is 0 Å². The van der Waals surface area contributed by atoms with E-state index in [1.807, 2.05) is 6.92 Å². The molecule has 1 heterocycles. The van der Waals surface area contributed by atoms with Gasteiger partial charge < -0.3 is 5.21 Å². The first-order valence-corrected chi connectivity index (χ1v) is 4.59. The summed E-state index contributed by atoms with van der Waals surface area (Å²) in [4.78, 5) is 0. The Balaban J connectivity index is 2.67. The Hall–Kier alpha value is -0.610. The van der Waals surface area contributed by atoms with E-state index >= 15 is 0 Å². The molecule has 1 aliphatic heterocycles. The maximum absolute atomic E-state index is 8.69. The molecule has 4 heteroatoms. The van der Waals surface area contributed by atoms with Crippen LogP contribution in [0.5, 0.6) is 0 Å². The predicted octanol–water partition coefficient (Wildman–Crippen LogP) is 0.772. The van der Waals surface area contributed by atoms with E-state index in [-0.39, 0.29) is 11.1 Å². The summed E-state index contributed by atoms with van der Waals surface area (Å²) < 4.78 is 0. The molecule has 0 radical (unpaired) electrons. The van der Waals surface area contributed by atoms with Crippen molar-refractivity contribution in [2.45, 2.75) is 33.4 Å². The van der Waals surface area contributed by atoms with Crippen molar-refractivity contribution < 1.29 is 5.21 Å². The highest BCUT2D eigenvalue weighted by Gasteiger charge is 2.36. The zero-order valence-electron chi connectivity index (χ0n) is 8.81. The second-order valence-electron chi connectivity index (χ2n) is 4.68. The van der Waals surface area contributed by atoms with Crippen molar-refractivity contribution in [1.82, 2.24) is 10.6 Å². The molecule has 0 aliphatic carbocycles. The summed E-state index contributed by atoms with van der Waals surface area (Å²) in [7, 11) is 0. The van der Waals surface area contributed by atoms with E-state index in [9.17, 15) is 0 Å². The molecule has 3 N–H and O–H groups in total. The molecule has 13 heavy (non-hydrogen) atoms. The zero-order valence-corrected chi connectivity index (χ0v) is 8.81. The molecule has 0 spiro atoms. The van der Waals surface area contributed by atoms with Gasteiger partial charge in [0.2, 0.25) is 0 Å². The maximum Gasteiger partial charge on any atom is 0.109 e. The van der Waals surface area contributed by atoms with E-state index in [1.54, 1.807) is 6.92 Å². The average molecular weight is 185 g/mol. The molecule has 0 aromatic rings. The topological polar surface area (TPSA) is 56.7 Å². The molecule has 0 aromatic heterocycles. The van der Waals surface area contributed by atoms with Crippen molar-refractivity contribution in [3.63, 3.8) is 0 Å². The van der Waals surface area contributed by atoms with Crippen LogP contribution in [0.25, 0.3) is 0 Å². The van der Waals surface area contributed by atoms with Crippen molar-refractivity contribution >= 4 is 5.71 Å². The molecule has 1 fully saturated rings. The van der Waals surface area contributed by atoms with Crippen LogP contribution in [-0.2, 0) is 0 Å². The van der Waals surface area contributed by atoms with Crippen molar-refractivity contribution in [1.29, 1.82) is 0 Å². The molecule has 0 bridgehead atoms. The second kappa shape index (κ2) is 3.27. The van der Waals surface area contributed by atoms with Crippen LogP contribution in [0.15, 0.2) is 5.16 Å². The summed E-state index contributed by atoms with van der Waals surface area (Å²) in [6.45, 7) is 10.0. The Morgan fingerprint density at radius 1 is 1.23 bits per heavy atom. The summed E-state index contributed by atoms with van der Waals surface area (Å²) in [5.41, 5.74) is 0.572. The molecule has 4 nitrogen and oxygen atoms in total. The third-order valence-corrected chi connectivity index (χ3v) is 2.71. The monoisotopic (exact) mass is 185 g/mol. The first-order valence-electron chi connectivity index (χ1n) is 4.59. The van der Waals surface area contributed by atoms with Crippen LogP contribution in [0.1, 0.15) is 27.7 Å². The lowest BCUT2D eigenvalue weighted by Crippen LogP contribution is -2.67. The molecular weight excluding hydrogens is 166 g/mol. The maximum atomic E-state index is 8.69. The molecule has 1 saturated heterocycles. The average Bonchev–Trinajstić information content (AvgIpc) is 2.09. The third-order valence-electron chi connectivity index (χ3n) is 2.71. The SMILES string of the molecule is C/C(=N\O)C1(C)NCC(C)(C)CN1. The van der Waals surface area contributed by atoms with Gasteiger partial charge in [-0.2, -0.15) is 0 Å². The minimum absolute atomic E-state index is 0.259. The lowest BCUT2D eigenvalue weighted by molar-refractivity contribution is 0.189. The first-order chi connectivity index (χ1) is 5.90. The van der Waals surface area contributed by atoms with Gasteiger partial charge in [0.1, 0.15) is 5.66 Å². The number of nitrogens with one attached hydrogen (secondary N) is 2. The Bertz CT molecular complexity index is 213. The number of rotatable bonds is 1. The Kier molecular flexibility index (Phi) is 2.63. The van der Waals surface area contributed by atoms with Crippen molar-refractivity contribution in [3.8, 4) is 0 Å². The van der Waals surface area contributed by atoms with Crippen LogP contribution in [0, 0.1) is 5.41 Å². The Morgan fingerprint density at radius 2 is 1.69 bits per heavy atom. The minimum atomic E-state index is -0.357. The van der Waals surface area contributed by atoms with Gasteiger partial charge in [0, 0.05) is 13.1 Å². The normalized spacial score (nSPS) is 27.2. The van der Waals surface area contributed by atoms with Gasteiger partial charge in [0.15, 0.2) is 0 Å². The van der Waals surface area contributed by atoms with Crippen molar-refractivity contribution in [3.05, 3.63) is 0 Å². The molecule has 1 rings (SSSR count). The fraction of sp³-hybridized carbons (Fsp3) is 0.889. The highest BCUT2D eigenvalue weighted by molar-refractivity contribution is 5.90. The zero-order chi connectivity index (χ0) is 10.1. The van der Waals surface area contributed by atoms with E-state index in [0.29, 0.717) is 5.71 Å². The van der Waals surface area contributed by atoms with Gasteiger partial charge in [0.05, 0.1) is 5.71 Å². The predicted molar refractivity (Wildman–Crippen MR) is 53.1 cm³/mol. The van der Waals surface area contributed by atoms with Gasteiger partial charge >= 0.3 is 0 Å². The van der Waals surface area contributed by atoms with E-state index in [1.165, 1.54) is 0 Å². The van der Waals surface area contributed by atoms with Crippen LogP contribution >= 0.6 is 0 Å². The smallest absolute Gasteiger partial charge is 0.109 e. The van der Waals surface area contributed by atoms with Crippen LogP contribution in [0.4, 0.5) is 0 Å². The molecule has 0 aromatic carbocycles. The van der Waals surface area contributed by atoms with Gasteiger partial charge in [-0.3, -0.25) is 10.6 Å². The molecule has 0 atom stereocenters. The standard InChI is InChI=1S/C9H19N3O/c1-7(12-13)9(4)10-5-8(2,3)6-11-9/h10-11,13H,5-6H2,1-4H3/b12-7+.